The molecule has 1 amide bonds. The highest BCUT2D eigenvalue weighted by molar-refractivity contribution is 6.42. The molecule has 0 unspecified atom stereocenters. The highest BCUT2D eigenvalue weighted by atomic mass is 16.2. The minimum Gasteiger partial charge on any atom is -0.346 e. The third kappa shape index (κ3) is 3.21. The number of carbonyl (C=O) groups excluding carboxylic acids is 2. The number of carbonyl (C=O) groups is 2. The van der Waals surface area contributed by atoms with Crippen molar-refractivity contribution in [3.05, 3.63) is 59.4 Å². The van der Waals surface area contributed by atoms with Gasteiger partial charge in [-0.15, -0.1) is 0 Å². The number of Topliss-reactive ketones (excluding diaryl/α,β-unsaturated/α-hetero) is 1. The first kappa shape index (κ1) is 13.6. The summed E-state index contributed by atoms with van der Waals surface area (Å²) in [5, 5.41) is 2.74. The van der Waals surface area contributed by atoms with Crippen LogP contribution in [-0.4, -0.2) is 22.3 Å². The number of ketones is 1. The molecular weight excluding hydrogens is 264 g/mol. The van der Waals surface area contributed by atoms with Crippen LogP contribution in [0.4, 0.5) is 0 Å². The second kappa shape index (κ2) is 5.56. The van der Waals surface area contributed by atoms with Gasteiger partial charge in [-0.3, -0.25) is 9.59 Å². The number of hydrogen-bond acceptors (Lipinski definition) is 2. The second-order valence-electron chi connectivity index (χ2n) is 5.58. The standard InChI is InChI=1S/C17H18N2O2/c1-12-4-6-13(7-5-12)11-19-10-2-3-15(19)16(20)17(21)18-14-8-9-14/h2-7,10,14H,8-9,11H2,1H3,(H,18,21). The highest BCUT2D eigenvalue weighted by Gasteiger charge is 2.28. The van der Waals surface area contributed by atoms with E-state index in [1.54, 1.807) is 12.1 Å². The van der Waals surface area contributed by atoms with E-state index in [0.29, 0.717) is 12.2 Å². The van der Waals surface area contributed by atoms with Crippen LogP contribution in [0.15, 0.2) is 42.6 Å². The molecule has 1 saturated carbocycles. The molecule has 1 N–H and O–H groups in total. The quantitative estimate of drug-likeness (QED) is 0.676. The van der Waals surface area contributed by atoms with Crippen molar-refractivity contribution in [1.82, 2.24) is 9.88 Å². The first-order chi connectivity index (χ1) is 10.1. The Balaban J connectivity index is 1.75. The van der Waals surface area contributed by atoms with E-state index in [9.17, 15) is 9.59 Å². The molecule has 0 aliphatic heterocycles. The molecule has 3 rings (SSSR count). The fourth-order valence-electron chi connectivity index (χ4n) is 2.24. The summed E-state index contributed by atoms with van der Waals surface area (Å²) in [6, 6.07) is 11.8. The zero-order chi connectivity index (χ0) is 14.8. The van der Waals surface area contributed by atoms with Gasteiger partial charge >= 0.3 is 0 Å². The third-order valence-corrected chi connectivity index (χ3v) is 3.65. The molecule has 0 atom stereocenters. The van der Waals surface area contributed by atoms with Gasteiger partial charge in [0.2, 0.25) is 0 Å². The molecular formula is C17H18N2O2. The van der Waals surface area contributed by atoms with Gasteiger partial charge in [0, 0.05) is 18.8 Å². The van der Waals surface area contributed by atoms with Gasteiger partial charge in [0.15, 0.2) is 0 Å². The van der Waals surface area contributed by atoms with Crippen LogP contribution in [0.1, 0.15) is 34.5 Å². The summed E-state index contributed by atoms with van der Waals surface area (Å²) in [7, 11) is 0. The van der Waals surface area contributed by atoms with Crippen molar-refractivity contribution in [2.24, 2.45) is 0 Å². The van der Waals surface area contributed by atoms with Gasteiger partial charge in [0.1, 0.15) is 0 Å². The van der Waals surface area contributed by atoms with Crippen LogP contribution in [-0.2, 0) is 11.3 Å². The van der Waals surface area contributed by atoms with Gasteiger partial charge in [-0.05, 0) is 37.5 Å². The van der Waals surface area contributed by atoms with Crippen LogP contribution in [0.2, 0.25) is 0 Å². The Hall–Kier alpha value is -2.36. The van der Waals surface area contributed by atoms with Crippen LogP contribution in [0, 0.1) is 6.92 Å². The average Bonchev–Trinajstić information content (AvgIpc) is 3.17. The number of aryl methyl sites for hydroxylation is 1. The van der Waals surface area contributed by atoms with E-state index >= 15 is 0 Å². The molecule has 1 heterocycles. The van der Waals surface area contributed by atoms with Crippen LogP contribution >= 0.6 is 0 Å². The van der Waals surface area contributed by atoms with Gasteiger partial charge in [-0.25, -0.2) is 0 Å². The molecule has 1 aromatic carbocycles. The van der Waals surface area contributed by atoms with E-state index in [0.717, 1.165) is 18.4 Å². The van der Waals surface area contributed by atoms with E-state index in [4.69, 9.17) is 0 Å². The van der Waals surface area contributed by atoms with E-state index in [2.05, 4.69) is 5.32 Å². The van der Waals surface area contributed by atoms with Crippen molar-refractivity contribution >= 4 is 11.7 Å². The Morgan fingerprint density at radius 2 is 1.90 bits per heavy atom. The summed E-state index contributed by atoms with van der Waals surface area (Å²) in [4.78, 5) is 24.1. The molecule has 0 spiro atoms. The molecule has 21 heavy (non-hydrogen) atoms. The lowest BCUT2D eigenvalue weighted by Crippen LogP contribution is -2.33. The number of hydrogen-bond donors (Lipinski definition) is 1. The minimum absolute atomic E-state index is 0.196. The molecule has 0 bridgehead atoms. The number of amides is 1. The van der Waals surface area contributed by atoms with Gasteiger partial charge < -0.3 is 9.88 Å². The van der Waals surface area contributed by atoms with Crippen molar-refractivity contribution in [2.75, 3.05) is 0 Å². The normalized spacial score (nSPS) is 14.0. The number of benzene rings is 1. The van der Waals surface area contributed by atoms with E-state index < -0.39 is 11.7 Å². The molecule has 108 valence electrons. The number of rotatable bonds is 5. The SMILES string of the molecule is Cc1ccc(Cn2cccc2C(=O)C(=O)NC2CC2)cc1. The zero-order valence-corrected chi connectivity index (χ0v) is 12.0. The third-order valence-electron chi connectivity index (χ3n) is 3.65. The lowest BCUT2D eigenvalue weighted by molar-refractivity contribution is -0.117. The van der Waals surface area contributed by atoms with Crippen LogP contribution < -0.4 is 5.32 Å². The second-order valence-corrected chi connectivity index (χ2v) is 5.58. The molecule has 0 radical (unpaired) electrons. The summed E-state index contributed by atoms with van der Waals surface area (Å²) in [6.45, 7) is 2.63. The minimum atomic E-state index is -0.499. The van der Waals surface area contributed by atoms with Crippen LogP contribution in [0.5, 0.6) is 0 Å². The molecule has 4 nitrogen and oxygen atoms in total. The summed E-state index contributed by atoms with van der Waals surface area (Å²) >= 11 is 0. The number of nitrogens with zero attached hydrogens (tertiary/aromatic N) is 1. The molecule has 1 aliphatic rings. The van der Waals surface area contributed by atoms with Crippen molar-refractivity contribution in [2.45, 2.75) is 32.4 Å². The Bertz CT molecular complexity index is 666. The first-order valence-corrected chi connectivity index (χ1v) is 7.19. The van der Waals surface area contributed by atoms with Crippen LogP contribution in [0.3, 0.4) is 0 Å². The zero-order valence-electron chi connectivity index (χ0n) is 12.0. The number of nitrogens with one attached hydrogen (secondary N) is 1. The summed E-state index contributed by atoms with van der Waals surface area (Å²) in [5.41, 5.74) is 2.74. The Morgan fingerprint density at radius 1 is 1.19 bits per heavy atom. The lowest BCUT2D eigenvalue weighted by Gasteiger charge is -2.09. The summed E-state index contributed by atoms with van der Waals surface area (Å²) in [5.74, 6) is -0.958. The molecule has 0 saturated heterocycles. The van der Waals surface area contributed by atoms with Gasteiger partial charge in [0.05, 0.1) is 5.69 Å². The maximum Gasteiger partial charge on any atom is 0.294 e. The summed E-state index contributed by atoms with van der Waals surface area (Å²) in [6.07, 6.45) is 3.78. The average molecular weight is 282 g/mol. The topological polar surface area (TPSA) is 51.1 Å². The fraction of sp³-hybridized carbons (Fsp3) is 0.294. The summed E-state index contributed by atoms with van der Waals surface area (Å²) < 4.78 is 1.82. The number of aromatic nitrogens is 1. The maximum atomic E-state index is 12.2. The van der Waals surface area contributed by atoms with Crippen molar-refractivity contribution in [3.63, 3.8) is 0 Å². The van der Waals surface area contributed by atoms with Crippen molar-refractivity contribution < 1.29 is 9.59 Å². The maximum absolute atomic E-state index is 12.2. The smallest absolute Gasteiger partial charge is 0.294 e. The van der Waals surface area contributed by atoms with E-state index in [1.165, 1.54) is 5.56 Å². The van der Waals surface area contributed by atoms with E-state index in [1.807, 2.05) is 42.0 Å². The Morgan fingerprint density at radius 3 is 2.57 bits per heavy atom. The largest absolute Gasteiger partial charge is 0.346 e. The van der Waals surface area contributed by atoms with Crippen molar-refractivity contribution in [1.29, 1.82) is 0 Å². The first-order valence-electron chi connectivity index (χ1n) is 7.19. The van der Waals surface area contributed by atoms with Crippen LogP contribution in [0.25, 0.3) is 0 Å². The fourth-order valence-corrected chi connectivity index (χ4v) is 2.24. The monoisotopic (exact) mass is 282 g/mol. The predicted molar refractivity (Wildman–Crippen MR) is 80.2 cm³/mol. The molecule has 1 fully saturated rings. The van der Waals surface area contributed by atoms with Gasteiger partial charge in [0.25, 0.3) is 11.7 Å². The lowest BCUT2D eigenvalue weighted by atomic mass is 10.1. The van der Waals surface area contributed by atoms with Gasteiger partial charge in [-0.1, -0.05) is 29.8 Å². The van der Waals surface area contributed by atoms with Crippen molar-refractivity contribution in [3.8, 4) is 0 Å². The Labute approximate surface area is 123 Å². The molecule has 4 heteroatoms. The Kier molecular flexibility index (Phi) is 3.60. The molecule has 1 aromatic heterocycles. The molecule has 1 aliphatic carbocycles. The highest BCUT2D eigenvalue weighted by Crippen LogP contribution is 2.19. The van der Waals surface area contributed by atoms with Gasteiger partial charge in [-0.2, -0.15) is 0 Å². The predicted octanol–water partition coefficient (Wildman–Crippen LogP) is 2.31. The van der Waals surface area contributed by atoms with E-state index in [-0.39, 0.29) is 6.04 Å². The molecule has 2 aromatic rings.